The molecule has 4 aromatic rings. The van der Waals surface area contributed by atoms with E-state index in [4.69, 9.17) is 20.5 Å². The standard InChI is InChI=1S/C24H33N10O3P/c1-15(23(3-4-23)9-33-13-31-17-19(25)27-11-29-21(17)33)7-36-38(35)37-8-16(2)24(5-6-24)10-34-14-32-18-20(26)28-12-30-22(18)34/h11-16,38H,3-10H2,1-2H3,(H2,25,27,29)(H2,26,28,30). The van der Waals surface area contributed by atoms with Gasteiger partial charge in [-0.2, -0.15) is 0 Å². The van der Waals surface area contributed by atoms with Gasteiger partial charge < -0.3 is 29.6 Å². The largest absolute Gasteiger partial charge is 0.382 e. The Morgan fingerprint density at radius 3 is 1.61 bits per heavy atom. The van der Waals surface area contributed by atoms with E-state index in [1.54, 1.807) is 12.7 Å². The second-order valence-corrected chi connectivity index (χ2v) is 12.1. The summed E-state index contributed by atoms with van der Waals surface area (Å²) < 4.78 is 28.2. The van der Waals surface area contributed by atoms with Crippen LogP contribution in [-0.2, 0) is 26.7 Å². The molecule has 2 fully saturated rings. The molecule has 0 radical (unpaired) electrons. The average Bonchev–Trinajstić information content (AvgIpc) is 3.79. The summed E-state index contributed by atoms with van der Waals surface area (Å²) in [6.07, 6.45) is 10.7. The van der Waals surface area contributed by atoms with Crippen LogP contribution in [0.15, 0.2) is 25.3 Å². The molecular formula is C24H33N10O3P. The molecule has 0 aromatic carbocycles. The number of nitrogens with zero attached hydrogens (tertiary/aromatic N) is 8. The van der Waals surface area contributed by atoms with Gasteiger partial charge in [0.15, 0.2) is 22.9 Å². The van der Waals surface area contributed by atoms with Crippen LogP contribution in [0.1, 0.15) is 39.5 Å². The number of rotatable bonds is 12. The van der Waals surface area contributed by atoms with Gasteiger partial charge in [-0.3, -0.25) is 4.57 Å². The van der Waals surface area contributed by atoms with Crippen molar-refractivity contribution in [1.82, 2.24) is 39.0 Å². The Labute approximate surface area is 220 Å². The minimum atomic E-state index is -2.61. The number of imidazole rings is 2. The van der Waals surface area contributed by atoms with Crippen molar-refractivity contribution >= 4 is 42.2 Å². The smallest absolute Gasteiger partial charge is 0.319 e. The van der Waals surface area contributed by atoms with Crippen molar-refractivity contribution < 1.29 is 13.6 Å². The predicted molar refractivity (Wildman–Crippen MR) is 142 cm³/mol. The zero-order valence-electron chi connectivity index (χ0n) is 21.6. The highest BCUT2D eigenvalue weighted by Gasteiger charge is 2.49. The molecule has 2 saturated carbocycles. The lowest BCUT2D eigenvalue weighted by atomic mass is 9.91. The molecule has 0 aliphatic heterocycles. The first-order chi connectivity index (χ1) is 18.3. The Balaban J connectivity index is 1.00. The third kappa shape index (κ3) is 4.63. The lowest BCUT2D eigenvalue weighted by Crippen LogP contribution is -2.24. The predicted octanol–water partition coefficient (Wildman–Crippen LogP) is 3.09. The lowest BCUT2D eigenvalue weighted by Gasteiger charge is -2.25. The van der Waals surface area contributed by atoms with Gasteiger partial charge in [0.1, 0.15) is 23.7 Å². The molecular weight excluding hydrogens is 507 g/mol. The minimum absolute atomic E-state index is 0.0569. The number of hydrogen-bond donors (Lipinski definition) is 2. The molecule has 2 unspecified atom stereocenters. The molecule has 2 aliphatic rings. The van der Waals surface area contributed by atoms with Crippen LogP contribution >= 0.6 is 8.25 Å². The van der Waals surface area contributed by atoms with E-state index in [1.165, 1.54) is 12.7 Å². The van der Waals surface area contributed by atoms with Crippen LogP contribution in [0.3, 0.4) is 0 Å². The molecule has 13 nitrogen and oxygen atoms in total. The van der Waals surface area contributed by atoms with Gasteiger partial charge in [0.25, 0.3) is 0 Å². The molecule has 38 heavy (non-hydrogen) atoms. The van der Waals surface area contributed by atoms with E-state index in [0.29, 0.717) is 35.9 Å². The molecule has 0 saturated heterocycles. The van der Waals surface area contributed by atoms with Gasteiger partial charge in [-0.15, -0.1) is 0 Å². The third-order valence-electron chi connectivity index (χ3n) is 8.61. The molecule has 202 valence electrons. The summed E-state index contributed by atoms with van der Waals surface area (Å²) in [5.74, 6) is 1.16. The number of hydrogen-bond acceptors (Lipinski definition) is 11. The van der Waals surface area contributed by atoms with Crippen LogP contribution in [0, 0.1) is 22.7 Å². The van der Waals surface area contributed by atoms with Gasteiger partial charge in [0.05, 0.1) is 25.9 Å². The summed E-state index contributed by atoms with van der Waals surface area (Å²) in [5.41, 5.74) is 14.7. The topological polar surface area (TPSA) is 175 Å². The van der Waals surface area contributed by atoms with Crippen molar-refractivity contribution in [3.63, 3.8) is 0 Å². The van der Waals surface area contributed by atoms with Crippen molar-refractivity contribution in [3.05, 3.63) is 25.3 Å². The van der Waals surface area contributed by atoms with Gasteiger partial charge in [-0.25, -0.2) is 29.9 Å². The molecule has 0 amide bonds. The van der Waals surface area contributed by atoms with E-state index in [0.717, 1.165) is 50.1 Å². The maximum Gasteiger partial charge on any atom is 0.319 e. The van der Waals surface area contributed by atoms with E-state index in [9.17, 15) is 4.57 Å². The second kappa shape index (κ2) is 9.55. The molecule has 0 spiro atoms. The molecule has 4 aromatic heterocycles. The van der Waals surface area contributed by atoms with Crippen LogP contribution in [0.5, 0.6) is 0 Å². The monoisotopic (exact) mass is 540 g/mol. The summed E-state index contributed by atoms with van der Waals surface area (Å²) in [6, 6.07) is 0. The van der Waals surface area contributed by atoms with E-state index in [2.05, 4.69) is 43.8 Å². The first-order valence-corrected chi connectivity index (χ1v) is 14.1. The van der Waals surface area contributed by atoms with Crippen molar-refractivity contribution in [2.24, 2.45) is 22.7 Å². The number of nitrogens with two attached hydrogens (primary N) is 2. The van der Waals surface area contributed by atoms with Crippen LogP contribution in [0.2, 0.25) is 0 Å². The Morgan fingerprint density at radius 2 is 1.21 bits per heavy atom. The Morgan fingerprint density at radius 1 is 0.789 bits per heavy atom. The SMILES string of the molecule is CC(CO[PH](=O)OCC(C)C1(Cn2cnc3c(N)ncnc32)CC1)C1(Cn2cnc3c(N)ncnc32)CC1. The third-order valence-corrected chi connectivity index (χ3v) is 9.41. The molecule has 4 heterocycles. The maximum atomic E-state index is 12.7. The summed E-state index contributed by atoms with van der Waals surface area (Å²) in [7, 11) is -2.61. The van der Waals surface area contributed by atoms with E-state index >= 15 is 0 Å². The second-order valence-electron chi connectivity index (χ2n) is 11.0. The maximum absolute atomic E-state index is 12.7. The van der Waals surface area contributed by atoms with Crippen molar-refractivity contribution in [2.75, 3.05) is 24.7 Å². The van der Waals surface area contributed by atoms with Gasteiger partial charge in [0.2, 0.25) is 0 Å². The molecule has 0 bridgehead atoms. The molecule has 6 rings (SSSR count). The van der Waals surface area contributed by atoms with E-state index in [1.807, 2.05) is 9.13 Å². The van der Waals surface area contributed by atoms with Crippen LogP contribution in [0.4, 0.5) is 11.6 Å². The number of aromatic nitrogens is 8. The highest BCUT2D eigenvalue weighted by Crippen LogP contribution is 2.55. The van der Waals surface area contributed by atoms with E-state index < -0.39 is 8.25 Å². The first kappa shape index (κ1) is 25.1. The zero-order chi connectivity index (χ0) is 26.5. The normalized spacial score (nSPS) is 19.9. The molecule has 2 atom stereocenters. The average molecular weight is 541 g/mol. The fraction of sp³-hybridized carbons (Fsp3) is 0.583. The summed E-state index contributed by atoms with van der Waals surface area (Å²) in [6.45, 7) is 6.54. The summed E-state index contributed by atoms with van der Waals surface area (Å²) >= 11 is 0. The van der Waals surface area contributed by atoms with Crippen LogP contribution in [0.25, 0.3) is 22.3 Å². The summed E-state index contributed by atoms with van der Waals surface area (Å²) in [4.78, 5) is 25.5. The molecule has 2 aliphatic carbocycles. The lowest BCUT2D eigenvalue weighted by molar-refractivity contribution is 0.132. The van der Waals surface area contributed by atoms with Gasteiger partial charge in [-0.1, -0.05) is 13.8 Å². The fourth-order valence-corrected chi connectivity index (χ4v) is 6.28. The number of nitrogen functional groups attached to an aromatic ring is 2. The van der Waals surface area contributed by atoms with Crippen LogP contribution < -0.4 is 11.5 Å². The van der Waals surface area contributed by atoms with Gasteiger partial charge in [-0.05, 0) is 48.3 Å². The summed E-state index contributed by atoms with van der Waals surface area (Å²) in [5, 5.41) is 0. The van der Waals surface area contributed by atoms with E-state index in [-0.39, 0.29) is 22.7 Å². The molecule has 4 N–H and O–H groups in total. The van der Waals surface area contributed by atoms with Crippen LogP contribution in [-0.4, -0.2) is 52.3 Å². The highest BCUT2D eigenvalue weighted by molar-refractivity contribution is 7.33. The first-order valence-electron chi connectivity index (χ1n) is 12.9. The zero-order valence-corrected chi connectivity index (χ0v) is 22.6. The van der Waals surface area contributed by atoms with Crippen molar-refractivity contribution in [2.45, 2.75) is 52.6 Å². The molecule has 14 heteroatoms. The van der Waals surface area contributed by atoms with Crippen molar-refractivity contribution in [1.29, 1.82) is 0 Å². The quantitative estimate of drug-likeness (QED) is 0.253. The number of anilines is 2. The Hall–Kier alpha value is -3.15. The fourth-order valence-electron chi connectivity index (χ4n) is 5.42. The highest BCUT2D eigenvalue weighted by atomic mass is 31.1. The van der Waals surface area contributed by atoms with Gasteiger partial charge >= 0.3 is 8.25 Å². The Bertz CT molecular complexity index is 1390. The van der Waals surface area contributed by atoms with Gasteiger partial charge in [0, 0.05) is 13.1 Å². The number of fused-ring (bicyclic) bond motifs is 2. The minimum Gasteiger partial charge on any atom is -0.382 e. The Kier molecular flexibility index (Phi) is 6.32. The van der Waals surface area contributed by atoms with Crippen molar-refractivity contribution in [3.8, 4) is 0 Å².